The van der Waals surface area contributed by atoms with Gasteiger partial charge in [0.05, 0.1) is 16.0 Å². The molecule has 8 nitrogen and oxygen atoms in total. The van der Waals surface area contributed by atoms with Crippen LogP contribution in [0.1, 0.15) is 6.92 Å². The van der Waals surface area contributed by atoms with Crippen molar-refractivity contribution >= 4 is 28.2 Å². The van der Waals surface area contributed by atoms with Gasteiger partial charge in [0.1, 0.15) is 0 Å². The summed E-state index contributed by atoms with van der Waals surface area (Å²) in [7, 11) is 1.92. The predicted octanol–water partition coefficient (Wildman–Crippen LogP) is 3.31. The molecule has 0 saturated heterocycles. The normalized spacial score (nSPS) is 11.2. The molecule has 4 aromatic rings. The summed E-state index contributed by atoms with van der Waals surface area (Å²) in [5.41, 5.74) is 1.82. The Morgan fingerprint density at radius 3 is 2.62 bits per heavy atom. The number of fused-ring (bicyclic) bond motifs is 3. The quantitative estimate of drug-likeness (QED) is 0.415. The summed E-state index contributed by atoms with van der Waals surface area (Å²) < 4.78 is 1.79. The van der Waals surface area contributed by atoms with E-state index in [0.717, 1.165) is 17.4 Å². The van der Waals surface area contributed by atoms with Gasteiger partial charge in [0.2, 0.25) is 5.95 Å². The van der Waals surface area contributed by atoms with Gasteiger partial charge in [-0.25, -0.2) is 9.38 Å². The number of nitro benzene ring substituents is 1. The molecule has 0 aliphatic heterocycles. The highest BCUT2D eigenvalue weighted by Gasteiger charge is 2.23. The Morgan fingerprint density at radius 1 is 1.12 bits per heavy atom. The van der Waals surface area contributed by atoms with Crippen molar-refractivity contribution in [3.8, 4) is 11.4 Å². The highest BCUT2D eigenvalue weighted by Crippen LogP contribution is 2.32. The average Bonchev–Trinajstić information content (AvgIpc) is 3.12. The van der Waals surface area contributed by atoms with E-state index in [1.165, 1.54) is 6.07 Å². The zero-order chi connectivity index (χ0) is 18.3. The Balaban J connectivity index is 2.13. The van der Waals surface area contributed by atoms with Gasteiger partial charge in [0, 0.05) is 25.0 Å². The lowest BCUT2D eigenvalue weighted by atomic mass is 10.1. The summed E-state index contributed by atoms with van der Waals surface area (Å²) in [6.07, 6.45) is 0. The van der Waals surface area contributed by atoms with Crippen molar-refractivity contribution in [3.63, 3.8) is 0 Å². The first-order valence-corrected chi connectivity index (χ1v) is 8.20. The maximum absolute atomic E-state index is 11.5. The second-order valence-corrected chi connectivity index (χ2v) is 5.90. The monoisotopic (exact) mass is 348 g/mol. The zero-order valence-corrected chi connectivity index (χ0v) is 14.3. The molecule has 2 heterocycles. The van der Waals surface area contributed by atoms with E-state index in [1.54, 1.807) is 22.6 Å². The van der Waals surface area contributed by atoms with Crippen molar-refractivity contribution in [1.82, 2.24) is 19.6 Å². The number of benzene rings is 2. The summed E-state index contributed by atoms with van der Waals surface area (Å²) in [6.45, 7) is 2.73. The molecule has 4 rings (SSSR count). The number of nitrogens with zero attached hydrogens (tertiary/aromatic N) is 6. The number of para-hydroxylation sites is 2. The summed E-state index contributed by atoms with van der Waals surface area (Å²) >= 11 is 0. The van der Waals surface area contributed by atoms with E-state index >= 15 is 0 Å². The Hall–Kier alpha value is -3.55. The van der Waals surface area contributed by atoms with Crippen molar-refractivity contribution < 1.29 is 4.92 Å². The Bertz CT molecular complexity index is 1140. The first kappa shape index (κ1) is 15.9. The molecule has 8 heteroatoms. The van der Waals surface area contributed by atoms with Crippen LogP contribution in [0.2, 0.25) is 0 Å². The molecular formula is C18H16N6O2. The Labute approximate surface area is 148 Å². The SMILES string of the molecule is CCN(C)c1nc2ccccc2c2nnc(-c3ccccc3[N+](=O)[O-])n12. The molecule has 0 bridgehead atoms. The van der Waals surface area contributed by atoms with Gasteiger partial charge in [-0.05, 0) is 25.1 Å². The first-order chi connectivity index (χ1) is 12.6. The molecule has 26 heavy (non-hydrogen) atoms. The molecule has 0 saturated carbocycles. The van der Waals surface area contributed by atoms with E-state index < -0.39 is 4.92 Å². The highest BCUT2D eigenvalue weighted by atomic mass is 16.6. The van der Waals surface area contributed by atoms with Crippen molar-refractivity contribution in [1.29, 1.82) is 0 Å². The molecule has 0 amide bonds. The van der Waals surface area contributed by atoms with E-state index in [0.29, 0.717) is 23.0 Å². The molecule has 0 atom stereocenters. The maximum Gasteiger partial charge on any atom is 0.280 e. The van der Waals surface area contributed by atoms with Gasteiger partial charge in [-0.3, -0.25) is 10.1 Å². The molecule has 2 aromatic heterocycles. The molecule has 0 fully saturated rings. The molecular weight excluding hydrogens is 332 g/mol. The molecule has 2 aromatic carbocycles. The summed E-state index contributed by atoms with van der Waals surface area (Å²) in [5, 5.41) is 20.9. The second-order valence-electron chi connectivity index (χ2n) is 5.90. The minimum atomic E-state index is -0.409. The van der Waals surface area contributed by atoms with Gasteiger partial charge in [-0.2, -0.15) is 0 Å². The first-order valence-electron chi connectivity index (χ1n) is 8.20. The lowest BCUT2D eigenvalue weighted by molar-refractivity contribution is -0.384. The van der Waals surface area contributed by atoms with E-state index in [-0.39, 0.29) is 5.69 Å². The zero-order valence-electron chi connectivity index (χ0n) is 14.3. The van der Waals surface area contributed by atoms with E-state index in [4.69, 9.17) is 4.98 Å². The summed E-state index contributed by atoms with van der Waals surface area (Å²) in [4.78, 5) is 17.8. The number of aromatic nitrogens is 4. The third-order valence-electron chi connectivity index (χ3n) is 4.39. The van der Waals surface area contributed by atoms with Crippen molar-refractivity contribution in [2.45, 2.75) is 6.92 Å². The smallest absolute Gasteiger partial charge is 0.280 e. The molecule has 130 valence electrons. The highest BCUT2D eigenvalue weighted by molar-refractivity contribution is 5.93. The van der Waals surface area contributed by atoms with Gasteiger partial charge < -0.3 is 4.90 Å². The number of hydrogen-bond donors (Lipinski definition) is 0. The van der Waals surface area contributed by atoms with Crippen LogP contribution in [0, 0.1) is 10.1 Å². The second kappa shape index (κ2) is 6.07. The van der Waals surface area contributed by atoms with Crippen LogP contribution in [0.5, 0.6) is 0 Å². The van der Waals surface area contributed by atoms with E-state index in [1.807, 2.05) is 43.1 Å². The van der Waals surface area contributed by atoms with Crippen molar-refractivity contribution in [3.05, 3.63) is 58.6 Å². The number of rotatable bonds is 4. The van der Waals surface area contributed by atoms with Crippen molar-refractivity contribution in [2.24, 2.45) is 0 Å². The fourth-order valence-electron chi connectivity index (χ4n) is 2.96. The molecule has 0 aliphatic rings. The van der Waals surface area contributed by atoms with Crippen molar-refractivity contribution in [2.75, 3.05) is 18.5 Å². The topological polar surface area (TPSA) is 89.5 Å². The van der Waals surface area contributed by atoms with E-state index in [9.17, 15) is 10.1 Å². The lowest BCUT2D eigenvalue weighted by Gasteiger charge is -2.18. The number of hydrogen-bond acceptors (Lipinski definition) is 6. The third-order valence-corrected chi connectivity index (χ3v) is 4.39. The minimum absolute atomic E-state index is 0.0138. The van der Waals surface area contributed by atoms with Crippen LogP contribution in [-0.2, 0) is 0 Å². The van der Waals surface area contributed by atoms with Gasteiger partial charge in [-0.1, -0.05) is 24.3 Å². The summed E-state index contributed by atoms with van der Waals surface area (Å²) in [5.74, 6) is 1.04. The third kappa shape index (κ3) is 2.34. The molecule has 0 unspecified atom stereocenters. The fourth-order valence-corrected chi connectivity index (χ4v) is 2.96. The number of nitro groups is 1. The van der Waals surface area contributed by atoms with Crippen LogP contribution < -0.4 is 4.90 Å². The van der Waals surface area contributed by atoms with Gasteiger partial charge in [-0.15, -0.1) is 10.2 Å². The van der Waals surface area contributed by atoms with Crippen LogP contribution in [0.4, 0.5) is 11.6 Å². The van der Waals surface area contributed by atoms with E-state index in [2.05, 4.69) is 10.2 Å². The van der Waals surface area contributed by atoms with Crippen LogP contribution in [-0.4, -0.2) is 38.1 Å². The molecule has 0 aliphatic carbocycles. The number of anilines is 1. The van der Waals surface area contributed by atoms with Gasteiger partial charge in [0.15, 0.2) is 11.5 Å². The Kier molecular flexibility index (Phi) is 3.72. The molecule has 0 radical (unpaired) electrons. The average molecular weight is 348 g/mol. The van der Waals surface area contributed by atoms with Gasteiger partial charge >= 0.3 is 0 Å². The molecule has 0 spiro atoms. The minimum Gasteiger partial charge on any atom is -0.345 e. The predicted molar refractivity (Wildman–Crippen MR) is 99.3 cm³/mol. The fraction of sp³-hybridized carbons (Fsp3) is 0.167. The standard InChI is InChI=1S/C18H16N6O2/c1-3-22(2)18-19-14-10-6-4-8-12(14)16-20-21-17(23(16)18)13-9-5-7-11-15(13)24(25)26/h4-11H,3H2,1-2H3. The van der Waals surface area contributed by atoms with Gasteiger partial charge in [0.25, 0.3) is 5.69 Å². The maximum atomic E-state index is 11.5. The van der Waals surface area contributed by atoms with Crippen LogP contribution in [0.15, 0.2) is 48.5 Å². The van der Waals surface area contributed by atoms with Crippen LogP contribution in [0.25, 0.3) is 27.9 Å². The van der Waals surface area contributed by atoms with Crippen LogP contribution in [0.3, 0.4) is 0 Å². The van der Waals surface area contributed by atoms with Crippen LogP contribution >= 0.6 is 0 Å². The summed E-state index contributed by atoms with van der Waals surface area (Å²) in [6, 6.07) is 14.2. The molecule has 0 N–H and O–H groups in total. The Morgan fingerprint density at radius 2 is 1.85 bits per heavy atom. The lowest BCUT2D eigenvalue weighted by Crippen LogP contribution is -2.21. The largest absolute Gasteiger partial charge is 0.345 e.